The molecule has 2 N–H and O–H groups in total. The predicted molar refractivity (Wildman–Crippen MR) is 76.5 cm³/mol. The van der Waals surface area contributed by atoms with Gasteiger partial charge in [0.2, 0.25) is 0 Å². The molecule has 3 rings (SSSR count). The lowest BCUT2D eigenvalue weighted by Gasteiger charge is -2.09. The molecule has 19 heavy (non-hydrogen) atoms. The fourth-order valence-electron chi connectivity index (χ4n) is 2.03. The zero-order chi connectivity index (χ0) is 13.4. The van der Waals surface area contributed by atoms with Crippen LogP contribution in [0.4, 0.5) is 0 Å². The van der Waals surface area contributed by atoms with Gasteiger partial charge in [-0.3, -0.25) is 0 Å². The Bertz CT molecular complexity index is 733. The highest BCUT2D eigenvalue weighted by Crippen LogP contribution is 2.26. The lowest BCUT2D eigenvalue weighted by molar-refractivity contribution is 0.806. The first-order valence-electron chi connectivity index (χ1n) is 6.02. The van der Waals surface area contributed by atoms with E-state index in [1.165, 1.54) is 0 Å². The third kappa shape index (κ3) is 2.09. The van der Waals surface area contributed by atoms with Gasteiger partial charge in [0.15, 0.2) is 0 Å². The van der Waals surface area contributed by atoms with Crippen LogP contribution in [0.2, 0.25) is 5.02 Å². The van der Waals surface area contributed by atoms with Gasteiger partial charge in [0.05, 0.1) is 16.2 Å². The topological polar surface area (TPSA) is 56.7 Å². The van der Waals surface area contributed by atoms with Gasteiger partial charge in [-0.15, -0.1) is 5.10 Å². The van der Waals surface area contributed by atoms with E-state index in [0.717, 1.165) is 22.3 Å². The van der Waals surface area contributed by atoms with Gasteiger partial charge in [-0.05, 0) is 36.8 Å². The lowest BCUT2D eigenvalue weighted by Crippen LogP contribution is -2.06. The van der Waals surface area contributed by atoms with Crippen molar-refractivity contribution in [2.24, 2.45) is 5.73 Å². The summed E-state index contributed by atoms with van der Waals surface area (Å²) in [5, 5.41) is 8.89. The van der Waals surface area contributed by atoms with Gasteiger partial charge >= 0.3 is 0 Å². The maximum absolute atomic E-state index is 6.32. The number of para-hydroxylation sites is 1. The Hall–Kier alpha value is -1.91. The molecule has 0 unspecified atom stereocenters. The average Bonchev–Trinajstić information content (AvgIpc) is 2.82. The maximum Gasteiger partial charge on any atom is 0.113 e. The van der Waals surface area contributed by atoms with Crippen LogP contribution in [0.3, 0.4) is 0 Å². The van der Waals surface area contributed by atoms with Gasteiger partial charge < -0.3 is 5.73 Å². The highest BCUT2D eigenvalue weighted by Gasteiger charge is 2.10. The molecule has 0 aliphatic heterocycles. The van der Waals surface area contributed by atoms with Gasteiger partial charge in [-0.25, -0.2) is 4.68 Å². The predicted octanol–water partition coefficient (Wildman–Crippen LogP) is 3.09. The van der Waals surface area contributed by atoms with Crippen molar-refractivity contribution < 1.29 is 0 Å². The lowest BCUT2D eigenvalue weighted by atomic mass is 10.1. The van der Waals surface area contributed by atoms with E-state index in [2.05, 4.69) is 10.3 Å². The van der Waals surface area contributed by atoms with Crippen LogP contribution < -0.4 is 5.73 Å². The molecule has 0 radical (unpaired) electrons. The van der Waals surface area contributed by atoms with Crippen LogP contribution in [-0.4, -0.2) is 15.0 Å². The summed E-state index contributed by atoms with van der Waals surface area (Å²) in [6.07, 6.45) is 0. The van der Waals surface area contributed by atoms with Crippen LogP contribution in [-0.2, 0) is 0 Å². The van der Waals surface area contributed by atoms with Crippen LogP contribution >= 0.6 is 11.6 Å². The molecule has 0 bridgehead atoms. The number of aromatic nitrogens is 3. The van der Waals surface area contributed by atoms with Crippen molar-refractivity contribution in [2.75, 3.05) is 0 Å². The van der Waals surface area contributed by atoms with Crippen molar-refractivity contribution in [3.63, 3.8) is 0 Å². The second kappa shape index (κ2) is 4.64. The first kappa shape index (κ1) is 12.1. The number of rotatable bonds is 2. The number of halogens is 1. The Morgan fingerprint density at radius 2 is 2.00 bits per heavy atom. The first-order valence-corrected chi connectivity index (χ1v) is 6.40. The smallest absolute Gasteiger partial charge is 0.113 e. The number of hydrogen-bond donors (Lipinski definition) is 1. The molecular weight excluding hydrogens is 260 g/mol. The molecule has 5 heteroatoms. The normalized spacial score (nSPS) is 12.8. The van der Waals surface area contributed by atoms with Gasteiger partial charge in [0, 0.05) is 6.04 Å². The number of nitrogens with two attached hydrogens (primary N) is 1. The number of nitrogens with zero attached hydrogens (tertiary/aromatic N) is 3. The maximum atomic E-state index is 6.32. The SMILES string of the molecule is C[C@@H](N)c1ccc(-n2nnc3ccccc32)c(Cl)c1. The van der Waals surface area contributed by atoms with Crippen molar-refractivity contribution in [2.45, 2.75) is 13.0 Å². The van der Waals surface area contributed by atoms with E-state index in [4.69, 9.17) is 17.3 Å². The molecule has 2 aromatic carbocycles. The molecule has 3 aromatic rings. The third-order valence-corrected chi connectivity index (χ3v) is 3.38. The van der Waals surface area contributed by atoms with E-state index in [0.29, 0.717) is 5.02 Å². The van der Waals surface area contributed by atoms with E-state index >= 15 is 0 Å². The molecule has 0 saturated heterocycles. The summed E-state index contributed by atoms with van der Waals surface area (Å²) < 4.78 is 1.74. The number of hydrogen-bond acceptors (Lipinski definition) is 3. The quantitative estimate of drug-likeness (QED) is 0.780. The summed E-state index contributed by atoms with van der Waals surface area (Å²) >= 11 is 6.32. The first-order chi connectivity index (χ1) is 9.16. The molecule has 0 aliphatic carbocycles. The molecule has 4 nitrogen and oxygen atoms in total. The summed E-state index contributed by atoms with van der Waals surface area (Å²) in [4.78, 5) is 0. The molecule has 0 amide bonds. The molecule has 0 fully saturated rings. The molecule has 0 saturated carbocycles. The molecule has 1 aromatic heterocycles. The minimum atomic E-state index is -0.0426. The summed E-state index contributed by atoms with van der Waals surface area (Å²) in [5.41, 5.74) is 9.42. The van der Waals surface area contributed by atoms with Crippen LogP contribution in [0, 0.1) is 0 Å². The fraction of sp³-hybridized carbons (Fsp3) is 0.143. The second-order valence-corrected chi connectivity index (χ2v) is 4.90. The van der Waals surface area contributed by atoms with E-state index in [-0.39, 0.29) is 6.04 Å². The Morgan fingerprint density at radius 1 is 1.21 bits per heavy atom. The summed E-state index contributed by atoms with van der Waals surface area (Å²) in [6.45, 7) is 1.93. The Balaban J connectivity index is 2.17. The molecule has 1 atom stereocenters. The van der Waals surface area contributed by atoms with E-state index < -0.39 is 0 Å². The molecule has 0 spiro atoms. The zero-order valence-electron chi connectivity index (χ0n) is 10.4. The summed E-state index contributed by atoms with van der Waals surface area (Å²) in [7, 11) is 0. The van der Waals surface area contributed by atoms with Crippen molar-refractivity contribution in [3.05, 3.63) is 53.1 Å². The highest BCUT2D eigenvalue weighted by molar-refractivity contribution is 6.32. The van der Waals surface area contributed by atoms with Crippen LogP contribution in [0.1, 0.15) is 18.5 Å². The van der Waals surface area contributed by atoms with Gasteiger partial charge in [0.25, 0.3) is 0 Å². The standard InChI is InChI=1S/C14H13ClN4/c1-9(16)10-6-7-13(11(15)8-10)19-14-5-3-2-4-12(14)17-18-19/h2-9H,16H2,1H3/t9-/m1/s1. The minimum Gasteiger partial charge on any atom is -0.324 e. The summed E-state index contributed by atoms with van der Waals surface area (Å²) in [5.74, 6) is 0. The van der Waals surface area contributed by atoms with Crippen LogP contribution in [0.25, 0.3) is 16.7 Å². The van der Waals surface area contributed by atoms with Crippen molar-refractivity contribution >= 4 is 22.6 Å². The number of benzene rings is 2. The summed E-state index contributed by atoms with van der Waals surface area (Å²) in [6, 6.07) is 13.5. The second-order valence-electron chi connectivity index (χ2n) is 4.49. The Kier molecular flexibility index (Phi) is 2.97. The molecule has 96 valence electrons. The Morgan fingerprint density at radius 3 is 2.74 bits per heavy atom. The largest absolute Gasteiger partial charge is 0.324 e. The van der Waals surface area contributed by atoms with Crippen LogP contribution in [0.5, 0.6) is 0 Å². The van der Waals surface area contributed by atoms with E-state index in [1.807, 2.05) is 49.4 Å². The number of fused-ring (bicyclic) bond motifs is 1. The van der Waals surface area contributed by atoms with Gasteiger partial charge in [-0.2, -0.15) is 0 Å². The fourth-order valence-corrected chi connectivity index (χ4v) is 2.29. The van der Waals surface area contributed by atoms with E-state index in [1.54, 1.807) is 4.68 Å². The van der Waals surface area contributed by atoms with Crippen molar-refractivity contribution in [3.8, 4) is 5.69 Å². The molecule has 0 aliphatic rings. The van der Waals surface area contributed by atoms with Crippen molar-refractivity contribution in [1.82, 2.24) is 15.0 Å². The zero-order valence-corrected chi connectivity index (χ0v) is 11.2. The highest BCUT2D eigenvalue weighted by atomic mass is 35.5. The van der Waals surface area contributed by atoms with Crippen molar-refractivity contribution in [1.29, 1.82) is 0 Å². The molecular formula is C14H13ClN4. The average molecular weight is 273 g/mol. The van der Waals surface area contributed by atoms with Gasteiger partial charge in [-0.1, -0.05) is 35.0 Å². The van der Waals surface area contributed by atoms with E-state index in [9.17, 15) is 0 Å². The monoisotopic (exact) mass is 272 g/mol. The minimum absolute atomic E-state index is 0.0426. The Labute approximate surface area is 115 Å². The molecule has 1 heterocycles. The van der Waals surface area contributed by atoms with Crippen LogP contribution in [0.15, 0.2) is 42.5 Å². The third-order valence-electron chi connectivity index (χ3n) is 3.08. The van der Waals surface area contributed by atoms with Gasteiger partial charge in [0.1, 0.15) is 5.52 Å².